The summed E-state index contributed by atoms with van der Waals surface area (Å²) in [7, 11) is 0. The smallest absolute Gasteiger partial charge is 0.265 e. The number of para-hydroxylation sites is 1. The first-order valence-corrected chi connectivity index (χ1v) is 11.5. The Bertz CT molecular complexity index is 882. The highest BCUT2D eigenvalue weighted by Crippen LogP contribution is 2.64. The minimum absolute atomic E-state index is 0.00660. The molecule has 6 atom stereocenters. The van der Waals surface area contributed by atoms with Gasteiger partial charge in [0.1, 0.15) is 0 Å². The molecule has 5 nitrogen and oxygen atoms in total. The number of carbonyl (C=O) groups excluding carboxylic acids is 2. The summed E-state index contributed by atoms with van der Waals surface area (Å²) in [4.78, 5) is 25.0. The maximum absolute atomic E-state index is 13.1. The molecule has 5 heteroatoms. The van der Waals surface area contributed by atoms with E-state index in [0.717, 1.165) is 49.8 Å². The number of hydrogen-bond donors (Lipinski definition) is 3. The van der Waals surface area contributed by atoms with Gasteiger partial charge in [-0.1, -0.05) is 38.1 Å². The number of benzene rings is 1. The highest BCUT2D eigenvalue weighted by atomic mass is 16.2. The van der Waals surface area contributed by atoms with Crippen LogP contribution in [0, 0.1) is 28.6 Å². The first-order valence-electron chi connectivity index (χ1n) is 11.5. The lowest BCUT2D eigenvalue weighted by molar-refractivity contribution is -0.136. The molecule has 30 heavy (non-hydrogen) atoms. The topological polar surface area (TPSA) is 70.2 Å². The molecular weight excluding hydrogens is 374 g/mol. The van der Waals surface area contributed by atoms with Crippen LogP contribution in [0.2, 0.25) is 0 Å². The van der Waals surface area contributed by atoms with Gasteiger partial charge in [0.15, 0.2) is 0 Å². The van der Waals surface area contributed by atoms with Gasteiger partial charge in [0, 0.05) is 23.5 Å². The van der Waals surface area contributed by atoms with Crippen LogP contribution in [0.3, 0.4) is 0 Å². The van der Waals surface area contributed by atoms with Gasteiger partial charge < -0.3 is 5.32 Å². The van der Waals surface area contributed by atoms with Crippen LogP contribution < -0.4 is 16.2 Å². The minimum atomic E-state index is -0.0509. The van der Waals surface area contributed by atoms with Crippen molar-refractivity contribution < 1.29 is 9.59 Å². The van der Waals surface area contributed by atoms with Gasteiger partial charge in [0.05, 0.1) is 5.69 Å². The summed E-state index contributed by atoms with van der Waals surface area (Å²) in [6, 6.07) is 10.1. The second kappa shape index (κ2) is 7.14. The van der Waals surface area contributed by atoms with Crippen LogP contribution >= 0.6 is 0 Å². The molecule has 0 aromatic heterocycles. The van der Waals surface area contributed by atoms with Crippen LogP contribution in [0.5, 0.6) is 0 Å². The van der Waals surface area contributed by atoms with Gasteiger partial charge in [-0.25, -0.2) is 0 Å². The third-order valence-corrected chi connectivity index (χ3v) is 9.01. The number of hydrogen-bond acceptors (Lipinski definition) is 3. The van der Waals surface area contributed by atoms with Gasteiger partial charge in [-0.2, -0.15) is 0 Å². The highest BCUT2D eigenvalue weighted by Gasteiger charge is 2.59. The third kappa shape index (κ3) is 2.97. The van der Waals surface area contributed by atoms with Crippen molar-refractivity contribution in [1.29, 1.82) is 0 Å². The normalized spacial score (nSPS) is 39.7. The van der Waals surface area contributed by atoms with Crippen LogP contribution in [0.25, 0.3) is 0 Å². The summed E-state index contributed by atoms with van der Waals surface area (Å²) in [5, 5.41) is 3.30. The van der Waals surface area contributed by atoms with E-state index in [-0.39, 0.29) is 22.6 Å². The van der Waals surface area contributed by atoms with E-state index in [4.69, 9.17) is 0 Å². The highest BCUT2D eigenvalue weighted by molar-refractivity contribution is 5.96. The molecule has 1 saturated heterocycles. The Morgan fingerprint density at radius 2 is 1.87 bits per heavy atom. The summed E-state index contributed by atoms with van der Waals surface area (Å²) in [5.74, 6) is 2.05. The van der Waals surface area contributed by atoms with Crippen molar-refractivity contribution in [3.8, 4) is 0 Å². The van der Waals surface area contributed by atoms with E-state index in [9.17, 15) is 9.59 Å². The fourth-order valence-electron chi connectivity index (χ4n) is 7.34. The molecule has 0 spiro atoms. The SMILES string of the molecule is C[C@]12CCC(=O)NC1CC[C@@H]1[C@@H]2CC[C@]2(C)C(C(=O)NNc3ccccc3)=CC[C@@H]12. The molecule has 1 aromatic carbocycles. The number of hydrazine groups is 1. The molecule has 3 aliphatic carbocycles. The molecule has 5 rings (SSSR count). The van der Waals surface area contributed by atoms with Crippen molar-refractivity contribution in [3.05, 3.63) is 42.0 Å². The number of allylic oxidation sites excluding steroid dienone is 1. The van der Waals surface area contributed by atoms with Gasteiger partial charge in [0.25, 0.3) is 5.91 Å². The third-order valence-electron chi connectivity index (χ3n) is 9.01. The van der Waals surface area contributed by atoms with E-state index in [0.29, 0.717) is 30.2 Å². The lowest BCUT2D eigenvalue weighted by Gasteiger charge is -2.59. The molecule has 3 fully saturated rings. The summed E-state index contributed by atoms with van der Waals surface area (Å²) < 4.78 is 0. The van der Waals surface area contributed by atoms with Crippen molar-refractivity contribution in [2.75, 3.05) is 5.43 Å². The fraction of sp³-hybridized carbons (Fsp3) is 0.600. The predicted molar refractivity (Wildman–Crippen MR) is 117 cm³/mol. The Hall–Kier alpha value is -2.30. The van der Waals surface area contributed by atoms with Crippen molar-refractivity contribution in [3.63, 3.8) is 0 Å². The number of anilines is 1. The van der Waals surface area contributed by atoms with Crippen LogP contribution in [0.1, 0.15) is 58.8 Å². The first-order chi connectivity index (χ1) is 14.4. The molecular formula is C25H33N3O2. The number of rotatable bonds is 3. The Morgan fingerprint density at radius 3 is 2.67 bits per heavy atom. The number of nitrogens with one attached hydrogen (secondary N) is 3. The molecule has 4 aliphatic rings. The lowest BCUT2D eigenvalue weighted by Crippen LogP contribution is -2.61. The van der Waals surface area contributed by atoms with Crippen LogP contribution in [-0.2, 0) is 9.59 Å². The Labute approximate surface area is 179 Å². The van der Waals surface area contributed by atoms with Crippen LogP contribution in [-0.4, -0.2) is 17.9 Å². The zero-order valence-electron chi connectivity index (χ0n) is 18.0. The van der Waals surface area contributed by atoms with Gasteiger partial charge in [-0.3, -0.25) is 20.4 Å². The zero-order chi connectivity index (χ0) is 20.9. The maximum atomic E-state index is 13.1. The van der Waals surface area contributed by atoms with Crippen LogP contribution in [0.15, 0.2) is 42.0 Å². The van der Waals surface area contributed by atoms with Gasteiger partial charge in [-0.05, 0) is 73.8 Å². The fourth-order valence-corrected chi connectivity index (χ4v) is 7.34. The Balaban J connectivity index is 1.31. The summed E-state index contributed by atoms with van der Waals surface area (Å²) in [6.45, 7) is 4.72. The molecule has 0 bridgehead atoms. The summed E-state index contributed by atoms with van der Waals surface area (Å²) >= 11 is 0. The molecule has 1 aliphatic heterocycles. The van der Waals surface area contributed by atoms with E-state index in [1.54, 1.807) is 0 Å². The summed E-state index contributed by atoms with van der Waals surface area (Å²) in [5.41, 5.74) is 7.98. The average molecular weight is 408 g/mol. The zero-order valence-corrected chi connectivity index (χ0v) is 18.0. The first kappa shape index (κ1) is 19.7. The quantitative estimate of drug-likeness (QED) is 0.658. The van der Waals surface area contributed by atoms with E-state index in [1.807, 2.05) is 30.3 Å². The molecule has 0 radical (unpaired) electrons. The van der Waals surface area contributed by atoms with Gasteiger partial charge >= 0.3 is 0 Å². The molecule has 1 aromatic rings. The number of amides is 2. The largest absolute Gasteiger partial charge is 0.353 e. The monoisotopic (exact) mass is 407 g/mol. The molecule has 3 N–H and O–H groups in total. The van der Waals surface area contributed by atoms with Gasteiger partial charge in [0.2, 0.25) is 5.91 Å². The summed E-state index contributed by atoms with van der Waals surface area (Å²) in [6.07, 6.45) is 9.32. The second-order valence-electron chi connectivity index (χ2n) is 10.3. The minimum Gasteiger partial charge on any atom is -0.353 e. The number of piperidine rings is 1. The van der Waals surface area contributed by atoms with E-state index in [1.165, 1.54) is 0 Å². The standard InChI is InChI=1S/C25H33N3O2/c1-24-14-12-19-17(8-11-21-25(19,2)15-13-22(29)26-21)18(24)9-10-20(24)23(30)28-27-16-6-4-3-5-7-16/h3-7,10,17-19,21,27H,8-9,11-15H2,1-2H3,(H,26,29)(H,28,30)/t17-,18-,19-,21?,24-,25+/m0/s1. The van der Waals surface area contributed by atoms with Crippen molar-refractivity contribution in [2.45, 2.75) is 64.8 Å². The van der Waals surface area contributed by atoms with Crippen molar-refractivity contribution >= 4 is 17.5 Å². The lowest BCUT2D eigenvalue weighted by atomic mass is 9.47. The molecule has 1 heterocycles. The molecule has 2 amide bonds. The molecule has 2 saturated carbocycles. The second-order valence-corrected chi connectivity index (χ2v) is 10.3. The molecule has 1 unspecified atom stereocenters. The number of fused-ring (bicyclic) bond motifs is 5. The van der Waals surface area contributed by atoms with Gasteiger partial charge in [-0.15, -0.1) is 0 Å². The van der Waals surface area contributed by atoms with Crippen LogP contribution in [0.4, 0.5) is 5.69 Å². The van der Waals surface area contributed by atoms with Crippen molar-refractivity contribution in [2.24, 2.45) is 28.6 Å². The van der Waals surface area contributed by atoms with E-state index >= 15 is 0 Å². The Morgan fingerprint density at radius 1 is 1.07 bits per heavy atom. The van der Waals surface area contributed by atoms with Crippen molar-refractivity contribution in [1.82, 2.24) is 10.7 Å². The predicted octanol–water partition coefficient (Wildman–Crippen LogP) is 4.19. The van der Waals surface area contributed by atoms with E-state index in [2.05, 4.69) is 36.1 Å². The maximum Gasteiger partial charge on any atom is 0.265 e. The Kier molecular flexibility index (Phi) is 4.68. The van der Waals surface area contributed by atoms with E-state index < -0.39 is 0 Å². The molecule has 160 valence electrons. The average Bonchev–Trinajstić information content (AvgIpc) is 3.10. The number of carbonyl (C=O) groups is 2.